The van der Waals surface area contributed by atoms with Crippen LogP contribution in [0.1, 0.15) is 9.67 Å². The van der Waals surface area contributed by atoms with Crippen molar-refractivity contribution in [3.05, 3.63) is 9.90 Å². The van der Waals surface area contributed by atoms with Crippen molar-refractivity contribution in [2.75, 3.05) is 13.7 Å². The number of carbonyl (C=O) groups excluding carboxylic acids is 1. The van der Waals surface area contributed by atoms with Gasteiger partial charge in [0.05, 0.1) is 7.11 Å². The number of ether oxygens (including phenoxy) is 2. The topological polar surface area (TPSA) is 55.8 Å². The summed E-state index contributed by atoms with van der Waals surface area (Å²) in [4.78, 5) is 10.8. The van der Waals surface area contributed by atoms with Crippen LogP contribution in [0.15, 0.2) is 0 Å². The van der Waals surface area contributed by atoms with Crippen LogP contribution >= 0.6 is 22.9 Å². The maximum Gasteiger partial charge on any atom is 0.422 e. The number of methoxy groups -OCH3 is 1. The molecule has 0 unspecified atom stereocenters. The number of esters is 1. The zero-order chi connectivity index (χ0) is 13.2. The number of hydrogen-bond acceptors (Lipinski definition) is 5. The molecule has 9 heteroatoms. The molecule has 0 aliphatic heterocycles. The average molecular weight is 291 g/mol. The van der Waals surface area contributed by atoms with E-state index in [1.165, 1.54) is 0 Å². The van der Waals surface area contributed by atoms with Crippen LogP contribution in [0.25, 0.3) is 0 Å². The van der Waals surface area contributed by atoms with E-state index in [1.807, 2.05) is 0 Å². The predicted molar refractivity (Wildman–Crippen MR) is 53.9 cm³/mol. The molecule has 1 N–H and O–H groups in total. The summed E-state index contributed by atoms with van der Waals surface area (Å²) in [6.45, 7) is -1.56. The number of aromatic hydroxyl groups is 1. The lowest BCUT2D eigenvalue weighted by atomic mass is 10.4. The van der Waals surface area contributed by atoms with E-state index in [-0.39, 0.29) is 9.94 Å². The molecule has 0 bridgehead atoms. The van der Waals surface area contributed by atoms with Crippen molar-refractivity contribution >= 4 is 28.9 Å². The van der Waals surface area contributed by atoms with Crippen molar-refractivity contribution < 1.29 is 32.5 Å². The van der Waals surface area contributed by atoms with Gasteiger partial charge in [0.1, 0.15) is 5.02 Å². The summed E-state index contributed by atoms with van der Waals surface area (Å²) in [7, 11) is 1.06. The number of alkyl halides is 3. The maximum atomic E-state index is 11.9. The number of carbonyl (C=O) groups is 1. The standard InChI is InChI=1S/C8H6ClF3O4S/c1-15-6(14)5-4(13)3(9)7(17-5)16-2-8(10,11)12/h13H,2H2,1H3. The zero-order valence-electron chi connectivity index (χ0n) is 8.30. The molecular formula is C8H6ClF3O4S. The second-order valence-corrected chi connectivity index (χ2v) is 4.14. The third kappa shape index (κ3) is 3.40. The van der Waals surface area contributed by atoms with Crippen molar-refractivity contribution in [1.82, 2.24) is 0 Å². The zero-order valence-corrected chi connectivity index (χ0v) is 9.87. The minimum atomic E-state index is -4.53. The van der Waals surface area contributed by atoms with Gasteiger partial charge >= 0.3 is 12.1 Å². The largest absolute Gasteiger partial charge is 0.505 e. The molecule has 0 amide bonds. The van der Waals surface area contributed by atoms with E-state index in [1.54, 1.807) is 0 Å². The van der Waals surface area contributed by atoms with Crippen LogP contribution in [0.5, 0.6) is 10.8 Å². The van der Waals surface area contributed by atoms with E-state index < -0.39 is 29.5 Å². The maximum absolute atomic E-state index is 11.9. The van der Waals surface area contributed by atoms with Crippen LogP contribution < -0.4 is 4.74 Å². The summed E-state index contributed by atoms with van der Waals surface area (Å²) in [5.41, 5.74) is 0. The normalized spacial score (nSPS) is 11.4. The summed E-state index contributed by atoms with van der Waals surface area (Å²) in [6, 6.07) is 0. The minimum absolute atomic E-state index is 0.310. The summed E-state index contributed by atoms with van der Waals surface area (Å²) < 4.78 is 44.3. The Morgan fingerprint density at radius 1 is 1.53 bits per heavy atom. The SMILES string of the molecule is COC(=O)c1sc(OCC(F)(F)F)c(Cl)c1O. The third-order valence-electron chi connectivity index (χ3n) is 1.53. The molecule has 0 aliphatic rings. The van der Waals surface area contributed by atoms with Gasteiger partial charge in [0.2, 0.25) is 0 Å². The highest BCUT2D eigenvalue weighted by Gasteiger charge is 2.31. The lowest BCUT2D eigenvalue weighted by molar-refractivity contribution is -0.152. The predicted octanol–water partition coefficient (Wildman–Crippen LogP) is 2.83. The molecule has 0 saturated carbocycles. The first-order chi connectivity index (χ1) is 7.76. The van der Waals surface area contributed by atoms with Gasteiger partial charge in [-0.25, -0.2) is 4.79 Å². The Balaban J connectivity index is 2.92. The van der Waals surface area contributed by atoms with E-state index >= 15 is 0 Å². The quantitative estimate of drug-likeness (QED) is 0.870. The fraction of sp³-hybridized carbons (Fsp3) is 0.375. The van der Waals surface area contributed by atoms with E-state index in [9.17, 15) is 23.1 Å². The number of hydrogen-bond donors (Lipinski definition) is 1. The van der Waals surface area contributed by atoms with Gasteiger partial charge in [0.15, 0.2) is 22.3 Å². The summed E-state index contributed by atoms with van der Waals surface area (Å²) >= 11 is 5.98. The van der Waals surface area contributed by atoms with Crippen LogP contribution in [-0.2, 0) is 4.74 Å². The fourth-order valence-electron chi connectivity index (χ4n) is 0.853. The van der Waals surface area contributed by atoms with E-state index in [4.69, 9.17) is 11.6 Å². The van der Waals surface area contributed by atoms with Gasteiger partial charge in [-0.1, -0.05) is 22.9 Å². The Bertz CT molecular complexity index is 429. The minimum Gasteiger partial charge on any atom is -0.505 e. The van der Waals surface area contributed by atoms with Gasteiger partial charge in [0, 0.05) is 0 Å². The summed E-state index contributed by atoms with van der Waals surface area (Å²) in [5, 5.41) is 8.53. The Hall–Kier alpha value is -1.15. The summed E-state index contributed by atoms with van der Waals surface area (Å²) in [6.07, 6.45) is -4.53. The van der Waals surface area contributed by atoms with Crippen LogP contribution in [-0.4, -0.2) is 31.0 Å². The van der Waals surface area contributed by atoms with Gasteiger partial charge in [-0.2, -0.15) is 13.2 Å². The molecule has 0 aliphatic carbocycles. The third-order valence-corrected chi connectivity index (χ3v) is 3.07. The van der Waals surface area contributed by atoms with Gasteiger partial charge in [-0.05, 0) is 0 Å². The lowest BCUT2D eigenvalue weighted by Crippen LogP contribution is -2.18. The van der Waals surface area contributed by atoms with E-state index in [2.05, 4.69) is 9.47 Å². The molecule has 17 heavy (non-hydrogen) atoms. The van der Waals surface area contributed by atoms with E-state index in [0.29, 0.717) is 11.3 Å². The highest BCUT2D eigenvalue weighted by molar-refractivity contribution is 7.16. The van der Waals surface area contributed by atoms with Crippen molar-refractivity contribution in [1.29, 1.82) is 0 Å². The molecule has 0 spiro atoms. The van der Waals surface area contributed by atoms with Crippen molar-refractivity contribution in [3.63, 3.8) is 0 Å². The first-order valence-corrected chi connectivity index (χ1v) is 5.25. The molecule has 0 atom stereocenters. The first-order valence-electron chi connectivity index (χ1n) is 4.05. The molecule has 0 radical (unpaired) electrons. The molecule has 1 rings (SSSR count). The number of halogens is 4. The molecule has 4 nitrogen and oxygen atoms in total. The molecule has 0 saturated heterocycles. The highest BCUT2D eigenvalue weighted by atomic mass is 35.5. The molecule has 0 fully saturated rings. The molecule has 1 aromatic heterocycles. The van der Waals surface area contributed by atoms with Crippen LogP contribution in [0.2, 0.25) is 5.02 Å². The van der Waals surface area contributed by atoms with Crippen LogP contribution in [0.3, 0.4) is 0 Å². The van der Waals surface area contributed by atoms with Crippen molar-refractivity contribution in [2.45, 2.75) is 6.18 Å². The van der Waals surface area contributed by atoms with Gasteiger partial charge in [0.25, 0.3) is 0 Å². The van der Waals surface area contributed by atoms with Gasteiger partial charge < -0.3 is 14.6 Å². The fourth-order valence-corrected chi connectivity index (χ4v) is 2.03. The Morgan fingerprint density at radius 3 is 2.59 bits per heavy atom. The van der Waals surface area contributed by atoms with Crippen LogP contribution in [0.4, 0.5) is 13.2 Å². The second kappa shape index (κ2) is 5.01. The lowest BCUT2D eigenvalue weighted by Gasteiger charge is -2.06. The van der Waals surface area contributed by atoms with Crippen molar-refractivity contribution in [2.24, 2.45) is 0 Å². The molecule has 96 valence electrons. The van der Waals surface area contributed by atoms with Crippen LogP contribution in [0, 0.1) is 0 Å². The van der Waals surface area contributed by atoms with Gasteiger partial charge in [-0.3, -0.25) is 0 Å². The molecular weight excluding hydrogens is 285 g/mol. The van der Waals surface area contributed by atoms with Crippen molar-refractivity contribution in [3.8, 4) is 10.8 Å². The smallest absolute Gasteiger partial charge is 0.422 e. The molecule has 1 aromatic rings. The Labute approximate surface area is 103 Å². The average Bonchev–Trinajstić information content (AvgIpc) is 2.52. The highest BCUT2D eigenvalue weighted by Crippen LogP contribution is 2.45. The first kappa shape index (κ1) is 13.9. The Morgan fingerprint density at radius 2 is 2.12 bits per heavy atom. The number of thiophene rings is 1. The Kier molecular flexibility index (Phi) is 4.10. The second-order valence-electron chi connectivity index (χ2n) is 2.78. The molecule has 0 aromatic carbocycles. The monoisotopic (exact) mass is 290 g/mol. The molecule has 1 heterocycles. The summed E-state index contributed by atoms with van der Waals surface area (Å²) in [5.74, 6) is -1.56. The van der Waals surface area contributed by atoms with Gasteiger partial charge in [-0.15, -0.1) is 0 Å². The number of rotatable bonds is 3. The van der Waals surface area contributed by atoms with E-state index in [0.717, 1.165) is 7.11 Å².